The first-order valence-electron chi connectivity index (χ1n) is 4.81. The lowest BCUT2D eigenvalue weighted by Gasteiger charge is -2.33. The van der Waals surface area contributed by atoms with Crippen LogP contribution >= 0.6 is 0 Å². The summed E-state index contributed by atoms with van der Waals surface area (Å²) < 4.78 is 5.48. The van der Waals surface area contributed by atoms with Gasteiger partial charge in [0.25, 0.3) is 0 Å². The Balaban J connectivity index is 2.34. The number of piperidine rings is 1. The van der Waals surface area contributed by atoms with Crippen LogP contribution in [0.4, 0.5) is 0 Å². The van der Waals surface area contributed by atoms with Gasteiger partial charge in [0, 0.05) is 13.2 Å². The molecule has 0 saturated carbocycles. The van der Waals surface area contributed by atoms with E-state index in [2.05, 4.69) is 6.92 Å². The van der Waals surface area contributed by atoms with Crippen LogP contribution in [0.25, 0.3) is 0 Å². The summed E-state index contributed by atoms with van der Waals surface area (Å²) in [6, 6.07) is 0. The van der Waals surface area contributed by atoms with Crippen molar-refractivity contribution in [3.8, 4) is 0 Å². The quantitative estimate of drug-likeness (QED) is 0.702. The van der Waals surface area contributed by atoms with Gasteiger partial charge in [-0.1, -0.05) is 13.3 Å². The molecule has 0 radical (unpaired) electrons. The van der Waals surface area contributed by atoms with Crippen LogP contribution in [0.1, 0.15) is 26.7 Å². The highest BCUT2D eigenvalue weighted by molar-refractivity contribution is 4.74. The lowest BCUT2D eigenvalue weighted by Crippen LogP contribution is -2.42. The van der Waals surface area contributed by atoms with E-state index in [4.69, 9.17) is 4.74 Å². The maximum atomic E-state index is 9.36. The van der Waals surface area contributed by atoms with E-state index in [9.17, 15) is 5.21 Å². The van der Waals surface area contributed by atoms with E-state index in [1.807, 2.05) is 6.92 Å². The van der Waals surface area contributed by atoms with Crippen LogP contribution in [0.15, 0.2) is 0 Å². The molecule has 0 spiro atoms. The molecule has 2 atom stereocenters. The second-order valence-electron chi connectivity index (χ2n) is 3.46. The monoisotopic (exact) mass is 173 g/mol. The zero-order valence-corrected chi connectivity index (χ0v) is 7.99. The van der Waals surface area contributed by atoms with Crippen molar-refractivity contribution < 1.29 is 9.94 Å². The second kappa shape index (κ2) is 4.80. The first-order chi connectivity index (χ1) is 5.76. The molecule has 1 rings (SSSR count). The molecular formula is C9H19NO2. The molecule has 0 bridgehead atoms. The molecular weight excluding hydrogens is 154 g/mol. The summed E-state index contributed by atoms with van der Waals surface area (Å²) >= 11 is 0. The SMILES string of the molecule is CCOC1CC(CC)CN(O)C1. The summed E-state index contributed by atoms with van der Waals surface area (Å²) in [7, 11) is 0. The van der Waals surface area contributed by atoms with Crippen LogP contribution in [0.3, 0.4) is 0 Å². The molecule has 3 heteroatoms. The van der Waals surface area contributed by atoms with Gasteiger partial charge in [0.1, 0.15) is 0 Å². The van der Waals surface area contributed by atoms with E-state index in [-0.39, 0.29) is 6.10 Å². The van der Waals surface area contributed by atoms with Crippen molar-refractivity contribution >= 4 is 0 Å². The highest BCUT2D eigenvalue weighted by Crippen LogP contribution is 2.20. The van der Waals surface area contributed by atoms with Gasteiger partial charge in [0.15, 0.2) is 0 Å². The fourth-order valence-electron chi connectivity index (χ4n) is 1.78. The van der Waals surface area contributed by atoms with Crippen LogP contribution < -0.4 is 0 Å². The minimum Gasteiger partial charge on any atom is -0.377 e. The topological polar surface area (TPSA) is 32.7 Å². The zero-order valence-electron chi connectivity index (χ0n) is 7.99. The molecule has 0 aromatic carbocycles. The highest BCUT2D eigenvalue weighted by Gasteiger charge is 2.25. The molecule has 0 aromatic heterocycles. The van der Waals surface area contributed by atoms with Gasteiger partial charge >= 0.3 is 0 Å². The molecule has 3 nitrogen and oxygen atoms in total. The molecule has 1 saturated heterocycles. The highest BCUT2D eigenvalue weighted by atomic mass is 16.5. The number of rotatable bonds is 3. The van der Waals surface area contributed by atoms with Crippen molar-refractivity contribution in [3.05, 3.63) is 0 Å². The van der Waals surface area contributed by atoms with Gasteiger partial charge < -0.3 is 9.94 Å². The van der Waals surface area contributed by atoms with E-state index >= 15 is 0 Å². The Hall–Kier alpha value is -0.120. The predicted octanol–water partition coefficient (Wildman–Crippen LogP) is 1.51. The Morgan fingerprint density at radius 1 is 1.42 bits per heavy atom. The maximum Gasteiger partial charge on any atom is 0.0728 e. The molecule has 12 heavy (non-hydrogen) atoms. The zero-order chi connectivity index (χ0) is 8.97. The summed E-state index contributed by atoms with van der Waals surface area (Å²) in [6.07, 6.45) is 2.46. The summed E-state index contributed by atoms with van der Waals surface area (Å²) in [5, 5.41) is 10.7. The molecule has 1 aliphatic heterocycles. The molecule has 0 amide bonds. The summed E-state index contributed by atoms with van der Waals surface area (Å²) in [4.78, 5) is 0. The Bertz CT molecular complexity index is 130. The lowest BCUT2D eigenvalue weighted by atomic mass is 9.95. The summed E-state index contributed by atoms with van der Waals surface area (Å²) in [5.41, 5.74) is 0. The number of nitrogens with zero attached hydrogens (tertiary/aromatic N) is 1. The van der Waals surface area contributed by atoms with E-state index in [1.54, 1.807) is 0 Å². The third kappa shape index (κ3) is 2.73. The maximum absolute atomic E-state index is 9.36. The average molecular weight is 173 g/mol. The van der Waals surface area contributed by atoms with Crippen molar-refractivity contribution in [2.24, 2.45) is 5.92 Å². The Morgan fingerprint density at radius 3 is 2.75 bits per heavy atom. The van der Waals surface area contributed by atoms with Gasteiger partial charge in [0.05, 0.1) is 12.6 Å². The molecule has 0 aromatic rings. The standard InChI is InChI=1S/C9H19NO2/c1-3-8-5-9(12-4-2)7-10(11)6-8/h8-9,11H,3-7H2,1-2H3. The average Bonchev–Trinajstić information content (AvgIpc) is 2.04. The third-order valence-electron chi connectivity index (χ3n) is 2.46. The molecule has 2 unspecified atom stereocenters. The molecule has 1 heterocycles. The van der Waals surface area contributed by atoms with E-state index in [0.29, 0.717) is 12.5 Å². The lowest BCUT2D eigenvalue weighted by molar-refractivity contribution is -0.157. The van der Waals surface area contributed by atoms with Gasteiger partial charge in [0.2, 0.25) is 0 Å². The van der Waals surface area contributed by atoms with Crippen molar-refractivity contribution in [1.82, 2.24) is 5.06 Å². The van der Waals surface area contributed by atoms with Gasteiger partial charge in [-0.05, 0) is 19.3 Å². The predicted molar refractivity (Wildman–Crippen MR) is 47.2 cm³/mol. The van der Waals surface area contributed by atoms with Crippen LogP contribution in [0, 0.1) is 5.92 Å². The first kappa shape index (κ1) is 9.96. The smallest absolute Gasteiger partial charge is 0.0728 e. The first-order valence-corrected chi connectivity index (χ1v) is 4.81. The Kier molecular flexibility index (Phi) is 3.98. The minimum absolute atomic E-state index is 0.235. The number of hydroxylamine groups is 2. The Morgan fingerprint density at radius 2 is 2.17 bits per heavy atom. The molecule has 1 fully saturated rings. The van der Waals surface area contributed by atoms with Gasteiger partial charge in [-0.3, -0.25) is 0 Å². The van der Waals surface area contributed by atoms with E-state index in [1.165, 1.54) is 5.06 Å². The van der Waals surface area contributed by atoms with Crippen LogP contribution in [0.5, 0.6) is 0 Å². The van der Waals surface area contributed by atoms with Gasteiger partial charge in [-0.2, -0.15) is 5.06 Å². The van der Waals surface area contributed by atoms with Crippen LogP contribution in [0.2, 0.25) is 0 Å². The van der Waals surface area contributed by atoms with Crippen molar-refractivity contribution in [1.29, 1.82) is 0 Å². The largest absolute Gasteiger partial charge is 0.377 e. The second-order valence-corrected chi connectivity index (χ2v) is 3.46. The van der Waals surface area contributed by atoms with E-state index < -0.39 is 0 Å². The van der Waals surface area contributed by atoms with Crippen molar-refractivity contribution in [3.63, 3.8) is 0 Å². The third-order valence-corrected chi connectivity index (χ3v) is 2.46. The van der Waals surface area contributed by atoms with Crippen molar-refractivity contribution in [2.45, 2.75) is 32.8 Å². The van der Waals surface area contributed by atoms with Gasteiger partial charge in [-0.15, -0.1) is 0 Å². The van der Waals surface area contributed by atoms with Crippen LogP contribution in [-0.2, 0) is 4.74 Å². The summed E-state index contributed by atoms with van der Waals surface area (Å²) in [6.45, 7) is 6.38. The molecule has 72 valence electrons. The molecule has 1 aliphatic rings. The molecule has 0 aliphatic carbocycles. The minimum atomic E-state index is 0.235. The van der Waals surface area contributed by atoms with Gasteiger partial charge in [-0.25, -0.2) is 0 Å². The number of hydrogen-bond acceptors (Lipinski definition) is 3. The Labute approximate surface area is 74.3 Å². The molecule has 1 N–H and O–H groups in total. The number of ether oxygens (including phenoxy) is 1. The fourth-order valence-corrected chi connectivity index (χ4v) is 1.78. The van der Waals surface area contributed by atoms with E-state index in [0.717, 1.165) is 26.0 Å². The number of hydrogen-bond donors (Lipinski definition) is 1. The normalized spacial score (nSPS) is 32.2. The van der Waals surface area contributed by atoms with Crippen molar-refractivity contribution in [2.75, 3.05) is 19.7 Å². The fraction of sp³-hybridized carbons (Fsp3) is 1.00. The summed E-state index contributed by atoms with van der Waals surface area (Å²) in [5.74, 6) is 0.597. The van der Waals surface area contributed by atoms with Crippen LogP contribution in [-0.4, -0.2) is 36.1 Å².